The van der Waals surface area contributed by atoms with Crippen molar-refractivity contribution in [3.05, 3.63) is 0 Å². The predicted molar refractivity (Wildman–Crippen MR) is 75.2 cm³/mol. The standard InChI is InChI=1S/C14H31N3/c1-6-17(13(4)5)14(11-15)7-9-16(10-8-14)12(2)3/h12-13H,6-11,15H2,1-5H3. The van der Waals surface area contributed by atoms with Crippen molar-refractivity contribution >= 4 is 0 Å². The maximum atomic E-state index is 6.11. The molecule has 0 spiro atoms. The van der Waals surface area contributed by atoms with Crippen LogP contribution < -0.4 is 5.73 Å². The van der Waals surface area contributed by atoms with Crippen molar-refractivity contribution in [3.63, 3.8) is 0 Å². The Kier molecular flexibility index (Phi) is 5.42. The first-order chi connectivity index (χ1) is 7.96. The zero-order chi connectivity index (χ0) is 13.1. The summed E-state index contributed by atoms with van der Waals surface area (Å²) < 4.78 is 0. The van der Waals surface area contributed by atoms with Crippen LogP contribution in [0.1, 0.15) is 47.5 Å². The van der Waals surface area contributed by atoms with Gasteiger partial charge in [0.15, 0.2) is 0 Å². The van der Waals surface area contributed by atoms with Crippen molar-refractivity contribution in [1.29, 1.82) is 0 Å². The minimum absolute atomic E-state index is 0.244. The Morgan fingerprint density at radius 1 is 1.18 bits per heavy atom. The van der Waals surface area contributed by atoms with Crippen LogP contribution in [0.3, 0.4) is 0 Å². The molecule has 3 heteroatoms. The molecule has 1 saturated heterocycles. The van der Waals surface area contributed by atoms with Gasteiger partial charge in [0.1, 0.15) is 0 Å². The predicted octanol–water partition coefficient (Wildman–Crippen LogP) is 1.92. The molecule has 1 aliphatic heterocycles. The summed E-state index contributed by atoms with van der Waals surface area (Å²) in [6, 6.07) is 1.26. The Morgan fingerprint density at radius 3 is 2.00 bits per heavy atom. The van der Waals surface area contributed by atoms with Gasteiger partial charge in [-0.05, 0) is 47.1 Å². The molecule has 0 radical (unpaired) electrons. The van der Waals surface area contributed by atoms with E-state index in [1.165, 1.54) is 25.9 Å². The summed E-state index contributed by atoms with van der Waals surface area (Å²) in [6.45, 7) is 15.7. The molecule has 0 aromatic carbocycles. The van der Waals surface area contributed by atoms with Crippen molar-refractivity contribution in [3.8, 4) is 0 Å². The highest BCUT2D eigenvalue weighted by Gasteiger charge is 2.39. The van der Waals surface area contributed by atoms with Crippen LogP contribution in [0.25, 0.3) is 0 Å². The number of hydrogen-bond acceptors (Lipinski definition) is 3. The van der Waals surface area contributed by atoms with Gasteiger partial charge in [0.05, 0.1) is 0 Å². The van der Waals surface area contributed by atoms with Crippen molar-refractivity contribution < 1.29 is 0 Å². The Labute approximate surface area is 107 Å². The minimum Gasteiger partial charge on any atom is -0.329 e. The molecular formula is C14H31N3. The average Bonchev–Trinajstić information content (AvgIpc) is 2.29. The molecule has 1 heterocycles. The Balaban J connectivity index is 2.72. The lowest BCUT2D eigenvalue weighted by Crippen LogP contribution is -2.61. The fourth-order valence-corrected chi connectivity index (χ4v) is 3.31. The van der Waals surface area contributed by atoms with Crippen LogP contribution in [0.2, 0.25) is 0 Å². The lowest BCUT2D eigenvalue weighted by molar-refractivity contribution is 0.00225. The maximum absolute atomic E-state index is 6.11. The van der Waals surface area contributed by atoms with Crippen LogP contribution in [0, 0.1) is 0 Å². The second-order valence-electron chi connectivity index (χ2n) is 5.94. The molecule has 0 aromatic heterocycles. The maximum Gasteiger partial charge on any atom is 0.0358 e. The monoisotopic (exact) mass is 241 g/mol. The Hall–Kier alpha value is -0.120. The van der Waals surface area contributed by atoms with Gasteiger partial charge >= 0.3 is 0 Å². The summed E-state index contributed by atoms with van der Waals surface area (Å²) in [5.74, 6) is 0. The molecule has 0 saturated carbocycles. The summed E-state index contributed by atoms with van der Waals surface area (Å²) >= 11 is 0. The van der Waals surface area contributed by atoms with E-state index in [0.29, 0.717) is 12.1 Å². The molecule has 0 unspecified atom stereocenters. The molecule has 102 valence electrons. The number of rotatable bonds is 5. The SMILES string of the molecule is CCN(C(C)C)C1(CN)CCN(C(C)C)CC1. The van der Waals surface area contributed by atoms with Crippen molar-refractivity contribution in [2.24, 2.45) is 5.73 Å². The third-order valence-electron chi connectivity index (χ3n) is 4.41. The molecule has 3 nitrogen and oxygen atoms in total. The molecule has 17 heavy (non-hydrogen) atoms. The minimum atomic E-state index is 0.244. The van der Waals surface area contributed by atoms with E-state index in [-0.39, 0.29) is 5.54 Å². The van der Waals surface area contributed by atoms with Crippen molar-refractivity contribution in [2.75, 3.05) is 26.2 Å². The highest BCUT2D eigenvalue weighted by Crippen LogP contribution is 2.30. The quantitative estimate of drug-likeness (QED) is 0.798. The topological polar surface area (TPSA) is 32.5 Å². The normalized spacial score (nSPS) is 21.7. The summed E-state index contributed by atoms with van der Waals surface area (Å²) in [5.41, 5.74) is 6.36. The van der Waals surface area contributed by atoms with E-state index < -0.39 is 0 Å². The van der Waals surface area contributed by atoms with Crippen LogP contribution in [-0.4, -0.2) is 53.6 Å². The van der Waals surface area contributed by atoms with E-state index in [9.17, 15) is 0 Å². The van der Waals surface area contributed by atoms with E-state index in [1.807, 2.05) is 0 Å². The van der Waals surface area contributed by atoms with Gasteiger partial charge in [0.2, 0.25) is 0 Å². The number of likely N-dealkylation sites (N-methyl/N-ethyl adjacent to an activating group) is 1. The van der Waals surface area contributed by atoms with Gasteiger partial charge in [-0.3, -0.25) is 4.90 Å². The van der Waals surface area contributed by atoms with Gasteiger partial charge in [-0.25, -0.2) is 0 Å². The van der Waals surface area contributed by atoms with Gasteiger partial charge in [0, 0.05) is 37.3 Å². The molecular weight excluding hydrogens is 210 g/mol. The number of nitrogens with two attached hydrogens (primary N) is 1. The van der Waals surface area contributed by atoms with Gasteiger partial charge in [0.25, 0.3) is 0 Å². The van der Waals surface area contributed by atoms with Crippen molar-refractivity contribution in [2.45, 2.75) is 65.1 Å². The molecule has 0 amide bonds. The first-order valence-electron chi connectivity index (χ1n) is 7.17. The fraction of sp³-hybridized carbons (Fsp3) is 1.00. The van der Waals surface area contributed by atoms with E-state index in [4.69, 9.17) is 5.73 Å². The second kappa shape index (κ2) is 6.17. The summed E-state index contributed by atoms with van der Waals surface area (Å²) in [4.78, 5) is 5.17. The van der Waals surface area contributed by atoms with Gasteiger partial charge < -0.3 is 10.6 Å². The molecule has 1 fully saturated rings. The van der Waals surface area contributed by atoms with E-state index in [2.05, 4.69) is 44.4 Å². The number of piperidine rings is 1. The number of hydrogen-bond donors (Lipinski definition) is 1. The van der Waals surface area contributed by atoms with Crippen LogP contribution in [0.15, 0.2) is 0 Å². The van der Waals surface area contributed by atoms with Gasteiger partial charge in [-0.1, -0.05) is 6.92 Å². The number of likely N-dealkylation sites (tertiary alicyclic amines) is 1. The third-order valence-corrected chi connectivity index (χ3v) is 4.41. The largest absolute Gasteiger partial charge is 0.329 e. The Morgan fingerprint density at radius 2 is 1.71 bits per heavy atom. The van der Waals surface area contributed by atoms with Gasteiger partial charge in [-0.15, -0.1) is 0 Å². The first-order valence-corrected chi connectivity index (χ1v) is 7.17. The molecule has 0 aliphatic carbocycles. The van der Waals surface area contributed by atoms with E-state index >= 15 is 0 Å². The van der Waals surface area contributed by atoms with Crippen LogP contribution >= 0.6 is 0 Å². The third kappa shape index (κ3) is 3.21. The zero-order valence-electron chi connectivity index (χ0n) is 12.4. The molecule has 0 atom stereocenters. The highest BCUT2D eigenvalue weighted by molar-refractivity contribution is 4.97. The Bertz CT molecular complexity index is 218. The highest BCUT2D eigenvalue weighted by atomic mass is 15.3. The van der Waals surface area contributed by atoms with Crippen molar-refractivity contribution in [1.82, 2.24) is 9.80 Å². The second-order valence-corrected chi connectivity index (χ2v) is 5.94. The summed E-state index contributed by atoms with van der Waals surface area (Å²) in [6.07, 6.45) is 2.43. The number of nitrogens with zero attached hydrogens (tertiary/aromatic N) is 2. The molecule has 1 aliphatic rings. The van der Waals surface area contributed by atoms with Crippen LogP contribution in [0.5, 0.6) is 0 Å². The van der Waals surface area contributed by atoms with E-state index in [0.717, 1.165) is 13.1 Å². The van der Waals surface area contributed by atoms with Crippen LogP contribution in [-0.2, 0) is 0 Å². The summed E-state index contributed by atoms with van der Waals surface area (Å²) in [5, 5.41) is 0. The van der Waals surface area contributed by atoms with E-state index in [1.54, 1.807) is 0 Å². The fourth-order valence-electron chi connectivity index (χ4n) is 3.31. The summed E-state index contributed by atoms with van der Waals surface area (Å²) in [7, 11) is 0. The molecule has 0 bridgehead atoms. The lowest BCUT2D eigenvalue weighted by Gasteiger charge is -2.50. The smallest absolute Gasteiger partial charge is 0.0358 e. The lowest BCUT2D eigenvalue weighted by atomic mass is 9.84. The average molecular weight is 241 g/mol. The molecule has 2 N–H and O–H groups in total. The first kappa shape index (κ1) is 14.9. The molecule has 1 rings (SSSR count). The molecule has 0 aromatic rings. The van der Waals surface area contributed by atoms with Crippen LogP contribution in [0.4, 0.5) is 0 Å². The zero-order valence-corrected chi connectivity index (χ0v) is 12.4. The van der Waals surface area contributed by atoms with Gasteiger partial charge in [-0.2, -0.15) is 0 Å².